The number of hydrogen-bond acceptors (Lipinski definition) is 3. The van der Waals surface area contributed by atoms with Gasteiger partial charge in [0.05, 0.1) is 0 Å². The van der Waals surface area contributed by atoms with E-state index in [2.05, 4.69) is 11.4 Å². The average Bonchev–Trinajstić information content (AvgIpc) is 3.12. The summed E-state index contributed by atoms with van der Waals surface area (Å²) in [5, 5.41) is 5.11. The smallest absolute Gasteiger partial charge is 0.224 e. The van der Waals surface area contributed by atoms with Crippen molar-refractivity contribution in [3.63, 3.8) is 0 Å². The molecular weight excluding hydrogens is 280 g/mol. The molecule has 1 aromatic carbocycles. The predicted molar refractivity (Wildman–Crippen MR) is 88.3 cm³/mol. The van der Waals surface area contributed by atoms with Gasteiger partial charge >= 0.3 is 0 Å². The molecule has 0 radical (unpaired) electrons. The van der Waals surface area contributed by atoms with Gasteiger partial charge in [-0.1, -0.05) is 30.7 Å². The Morgan fingerprint density at radius 2 is 2.10 bits per heavy atom. The van der Waals surface area contributed by atoms with E-state index in [0.29, 0.717) is 12.3 Å². The summed E-state index contributed by atoms with van der Waals surface area (Å²) in [5.74, 6) is 0.403. The molecule has 3 nitrogen and oxygen atoms in total. The van der Waals surface area contributed by atoms with Gasteiger partial charge in [-0.25, -0.2) is 0 Å². The molecular formula is C17H20N2OS. The van der Waals surface area contributed by atoms with Crippen LogP contribution >= 0.6 is 11.3 Å². The van der Waals surface area contributed by atoms with Gasteiger partial charge in [0.1, 0.15) is 0 Å². The molecule has 1 amide bonds. The standard InChI is InChI=1S/C17H20N2OS/c18-14-7-3-5-12(14)11-17(20)19-15-8-2-1-6-13(15)16-9-4-10-21-16/h1-2,4,6,8-10,12,14H,3,5,7,11,18H2,(H,19,20)/t12-,14+/m0/s1. The molecule has 21 heavy (non-hydrogen) atoms. The van der Waals surface area contributed by atoms with E-state index in [1.165, 1.54) is 4.88 Å². The normalized spacial score (nSPS) is 21.4. The molecule has 0 bridgehead atoms. The lowest BCUT2D eigenvalue weighted by atomic mass is 9.99. The fourth-order valence-electron chi connectivity index (χ4n) is 3.00. The van der Waals surface area contributed by atoms with Crippen LogP contribution < -0.4 is 11.1 Å². The Morgan fingerprint density at radius 3 is 2.81 bits per heavy atom. The summed E-state index contributed by atoms with van der Waals surface area (Å²) in [5.41, 5.74) is 8.02. The number of nitrogens with one attached hydrogen (secondary N) is 1. The number of anilines is 1. The van der Waals surface area contributed by atoms with Crippen molar-refractivity contribution < 1.29 is 4.79 Å². The largest absolute Gasteiger partial charge is 0.327 e. The average molecular weight is 300 g/mol. The van der Waals surface area contributed by atoms with Gasteiger partial charge in [-0.05, 0) is 36.3 Å². The second-order valence-corrected chi connectivity index (χ2v) is 6.58. The van der Waals surface area contributed by atoms with Gasteiger partial charge in [0.15, 0.2) is 0 Å². The van der Waals surface area contributed by atoms with Crippen molar-refractivity contribution >= 4 is 22.9 Å². The van der Waals surface area contributed by atoms with Crippen LogP contribution in [0.3, 0.4) is 0 Å². The maximum absolute atomic E-state index is 12.3. The molecule has 1 heterocycles. The molecule has 4 heteroatoms. The van der Waals surface area contributed by atoms with Crippen molar-refractivity contribution in [2.75, 3.05) is 5.32 Å². The fraction of sp³-hybridized carbons (Fsp3) is 0.353. The van der Waals surface area contributed by atoms with Crippen LogP contribution in [-0.2, 0) is 4.79 Å². The van der Waals surface area contributed by atoms with Crippen LogP contribution in [-0.4, -0.2) is 11.9 Å². The summed E-state index contributed by atoms with van der Waals surface area (Å²) < 4.78 is 0. The van der Waals surface area contributed by atoms with E-state index in [1.54, 1.807) is 11.3 Å². The summed E-state index contributed by atoms with van der Waals surface area (Å²) >= 11 is 1.68. The van der Waals surface area contributed by atoms with Crippen LogP contribution in [0.1, 0.15) is 25.7 Å². The molecule has 110 valence electrons. The predicted octanol–water partition coefficient (Wildman–Crippen LogP) is 3.87. The Hall–Kier alpha value is -1.65. The van der Waals surface area contributed by atoms with Gasteiger partial charge in [0, 0.05) is 28.6 Å². The number of amides is 1. The van der Waals surface area contributed by atoms with Crippen LogP contribution in [0, 0.1) is 5.92 Å². The third-order valence-electron chi connectivity index (χ3n) is 4.15. The first-order valence-corrected chi connectivity index (χ1v) is 8.30. The summed E-state index contributed by atoms with van der Waals surface area (Å²) in [4.78, 5) is 13.4. The van der Waals surface area contributed by atoms with Crippen molar-refractivity contribution in [3.8, 4) is 10.4 Å². The molecule has 1 aromatic heterocycles. The molecule has 0 unspecified atom stereocenters. The molecule has 0 spiro atoms. The third kappa shape index (κ3) is 3.34. The minimum atomic E-state index is 0.0707. The van der Waals surface area contributed by atoms with E-state index in [1.807, 2.05) is 35.7 Å². The van der Waals surface area contributed by atoms with E-state index in [0.717, 1.165) is 30.5 Å². The lowest BCUT2D eigenvalue weighted by Gasteiger charge is -2.16. The fourth-order valence-corrected chi connectivity index (χ4v) is 3.76. The van der Waals surface area contributed by atoms with E-state index in [-0.39, 0.29) is 11.9 Å². The van der Waals surface area contributed by atoms with Crippen LogP contribution in [0.25, 0.3) is 10.4 Å². The summed E-state index contributed by atoms with van der Waals surface area (Å²) in [6, 6.07) is 12.2. The first-order valence-electron chi connectivity index (χ1n) is 7.42. The van der Waals surface area contributed by atoms with Crippen LogP contribution in [0.15, 0.2) is 41.8 Å². The van der Waals surface area contributed by atoms with Crippen molar-refractivity contribution in [2.45, 2.75) is 31.7 Å². The lowest BCUT2D eigenvalue weighted by molar-refractivity contribution is -0.117. The van der Waals surface area contributed by atoms with Gasteiger partial charge in [-0.15, -0.1) is 11.3 Å². The number of nitrogens with two attached hydrogens (primary N) is 1. The van der Waals surface area contributed by atoms with Crippen LogP contribution in [0.4, 0.5) is 5.69 Å². The van der Waals surface area contributed by atoms with E-state index in [9.17, 15) is 4.79 Å². The molecule has 2 atom stereocenters. The monoisotopic (exact) mass is 300 g/mol. The molecule has 1 saturated carbocycles. The first-order chi connectivity index (χ1) is 10.2. The number of rotatable bonds is 4. The molecule has 3 rings (SSSR count). The van der Waals surface area contributed by atoms with Crippen molar-refractivity contribution in [3.05, 3.63) is 41.8 Å². The second kappa shape index (κ2) is 6.41. The molecule has 0 aliphatic heterocycles. The molecule has 3 N–H and O–H groups in total. The number of hydrogen-bond donors (Lipinski definition) is 2. The van der Waals surface area contributed by atoms with E-state index in [4.69, 9.17) is 5.73 Å². The summed E-state index contributed by atoms with van der Waals surface area (Å²) in [7, 11) is 0. The third-order valence-corrected chi connectivity index (χ3v) is 5.06. The van der Waals surface area contributed by atoms with E-state index >= 15 is 0 Å². The molecule has 1 aliphatic carbocycles. The number of carbonyl (C=O) groups excluding carboxylic acids is 1. The minimum Gasteiger partial charge on any atom is -0.327 e. The summed E-state index contributed by atoms with van der Waals surface area (Å²) in [6.45, 7) is 0. The lowest BCUT2D eigenvalue weighted by Crippen LogP contribution is -2.28. The van der Waals surface area contributed by atoms with Gasteiger partial charge in [-0.2, -0.15) is 0 Å². The minimum absolute atomic E-state index is 0.0707. The zero-order valence-electron chi connectivity index (χ0n) is 11.9. The molecule has 0 saturated heterocycles. The van der Waals surface area contributed by atoms with Crippen molar-refractivity contribution in [1.82, 2.24) is 0 Å². The van der Waals surface area contributed by atoms with E-state index < -0.39 is 0 Å². The van der Waals surface area contributed by atoms with Crippen LogP contribution in [0.5, 0.6) is 0 Å². The number of benzene rings is 1. The quantitative estimate of drug-likeness (QED) is 0.900. The van der Waals surface area contributed by atoms with Crippen molar-refractivity contribution in [2.24, 2.45) is 11.7 Å². The zero-order chi connectivity index (χ0) is 14.7. The maximum atomic E-state index is 12.3. The second-order valence-electron chi connectivity index (χ2n) is 5.63. The molecule has 2 aromatic rings. The molecule has 1 aliphatic rings. The first kappa shape index (κ1) is 14.3. The highest BCUT2D eigenvalue weighted by atomic mass is 32.1. The Balaban J connectivity index is 1.71. The van der Waals surface area contributed by atoms with Gasteiger partial charge in [0.2, 0.25) is 5.91 Å². The Kier molecular flexibility index (Phi) is 4.36. The number of para-hydroxylation sites is 1. The molecule has 1 fully saturated rings. The van der Waals surface area contributed by atoms with Gasteiger partial charge in [0.25, 0.3) is 0 Å². The summed E-state index contributed by atoms with van der Waals surface area (Å²) in [6.07, 6.45) is 3.79. The van der Waals surface area contributed by atoms with Gasteiger partial charge < -0.3 is 11.1 Å². The Morgan fingerprint density at radius 1 is 1.24 bits per heavy atom. The SMILES string of the molecule is N[C@@H]1CCC[C@H]1CC(=O)Nc1ccccc1-c1cccs1. The highest BCUT2D eigenvalue weighted by Gasteiger charge is 2.26. The Labute approximate surface area is 129 Å². The van der Waals surface area contributed by atoms with Crippen LogP contribution in [0.2, 0.25) is 0 Å². The topological polar surface area (TPSA) is 55.1 Å². The van der Waals surface area contributed by atoms with Crippen molar-refractivity contribution in [1.29, 1.82) is 0 Å². The maximum Gasteiger partial charge on any atom is 0.224 e. The highest BCUT2D eigenvalue weighted by Crippen LogP contribution is 2.32. The number of carbonyl (C=O) groups is 1. The highest BCUT2D eigenvalue weighted by molar-refractivity contribution is 7.13. The number of thiophene rings is 1. The van der Waals surface area contributed by atoms with Gasteiger partial charge in [-0.3, -0.25) is 4.79 Å². The zero-order valence-corrected chi connectivity index (χ0v) is 12.7. The Bertz CT molecular complexity index is 609.